The molecule has 2 heterocycles. The molecule has 1 N–H and O–H groups in total. The molecule has 2 atom stereocenters. The minimum Gasteiger partial charge on any atom is -0.516 e. The van der Waals surface area contributed by atoms with Gasteiger partial charge in [0, 0.05) is 6.04 Å². The highest BCUT2D eigenvalue weighted by atomic mass is 16.6. The lowest BCUT2D eigenvalue weighted by Crippen LogP contribution is -2.46. The molecule has 4 nitrogen and oxygen atoms in total. The quantitative estimate of drug-likeness (QED) is 0.661. The van der Waals surface area contributed by atoms with E-state index in [-0.39, 0.29) is 18.2 Å². The Morgan fingerprint density at radius 1 is 1.47 bits per heavy atom. The van der Waals surface area contributed by atoms with Crippen molar-refractivity contribution in [3.8, 4) is 0 Å². The number of ether oxygens (including phenoxy) is 1. The lowest BCUT2D eigenvalue weighted by molar-refractivity contribution is 0.00913. The molecule has 2 unspecified atom stereocenters. The summed E-state index contributed by atoms with van der Waals surface area (Å²) in [5, 5.41) is 9.20. The van der Waals surface area contributed by atoms with E-state index in [2.05, 4.69) is 0 Å². The normalized spacial score (nSPS) is 30.8. The maximum atomic E-state index is 12.1. The minimum absolute atomic E-state index is 0.0496. The molecule has 0 radical (unpaired) electrons. The molecule has 1 amide bonds. The summed E-state index contributed by atoms with van der Waals surface area (Å²) in [4.78, 5) is 13.9. The molecule has 0 aromatic heterocycles. The van der Waals surface area contributed by atoms with Crippen LogP contribution in [0.2, 0.25) is 0 Å². The fourth-order valence-electron chi connectivity index (χ4n) is 2.78. The summed E-state index contributed by atoms with van der Waals surface area (Å²) in [6, 6.07) is 0.260. The molecule has 4 heteroatoms. The minimum atomic E-state index is -0.461. The second-order valence-corrected chi connectivity index (χ2v) is 5.90. The highest BCUT2D eigenvalue weighted by molar-refractivity contribution is 5.70. The molecule has 17 heavy (non-hydrogen) atoms. The number of fused-ring (bicyclic) bond motifs is 2. The van der Waals surface area contributed by atoms with Crippen molar-refractivity contribution in [3.05, 3.63) is 11.8 Å². The molecule has 2 saturated heterocycles. The molecule has 96 valence electrons. The monoisotopic (exact) mass is 239 g/mol. The molecular formula is C13H21NO3. The topological polar surface area (TPSA) is 49.8 Å². The van der Waals surface area contributed by atoms with Gasteiger partial charge < -0.3 is 9.84 Å². The average molecular weight is 239 g/mol. The van der Waals surface area contributed by atoms with E-state index in [9.17, 15) is 9.90 Å². The molecule has 0 saturated carbocycles. The van der Waals surface area contributed by atoms with Crippen molar-refractivity contribution >= 4 is 6.09 Å². The number of nitrogens with zero attached hydrogens (tertiary/aromatic N) is 1. The third-order valence-electron chi connectivity index (χ3n) is 3.41. The summed E-state index contributed by atoms with van der Waals surface area (Å²) in [6.07, 6.45) is 4.78. The van der Waals surface area contributed by atoms with Crippen LogP contribution in [0, 0.1) is 0 Å². The molecule has 2 fully saturated rings. The molecule has 2 aliphatic heterocycles. The SMILES string of the molecule is CC(C)(C)OC(=O)N1C2CCCC1/C(=C\O)C2. The van der Waals surface area contributed by atoms with E-state index in [4.69, 9.17) is 4.74 Å². The zero-order valence-corrected chi connectivity index (χ0v) is 10.8. The van der Waals surface area contributed by atoms with E-state index in [0.717, 1.165) is 31.3 Å². The Balaban J connectivity index is 2.14. The van der Waals surface area contributed by atoms with E-state index in [1.165, 1.54) is 6.26 Å². The van der Waals surface area contributed by atoms with Crippen LogP contribution in [0.3, 0.4) is 0 Å². The van der Waals surface area contributed by atoms with Crippen LogP contribution in [0.5, 0.6) is 0 Å². The Morgan fingerprint density at radius 3 is 2.76 bits per heavy atom. The number of carbonyl (C=O) groups is 1. The largest absolute Gasteiger partial charge is 0.516 e. The van der Waals surface area contributed by atoms with Gasteiger partial charge in [-0.1, -0.05) is 0 Å². The number of piperidine rings is 1. The van der Waals surface area contributed by atoms with Crippen LogP contribution in [-0.2, 0) is 4.74 Å². The summed E-state index contributed by atoms with van der Waals surface area (Å²) in [7, 11) is 0. The van der Waals surface area contributed by atoms with Gasteiger partial charge in [0.05, 0.1) is 12.3 Å². The van der Waals surface area contributed by atoms with Gasteiger partial charge in [0.1, 0.15) is 5.60 Å². The lowest BCUT2D eigenvalue weighted by Gasteiger charge is -2.35. The first-order valence-electron chi connectivity index (χ1n) is 6.27. The molecule has 2 aliphatic rings. The third kappa shape index (κ3) is 2.40. The molecule has 0 spiro atoms. The van der Waals surface area contributed by atoms with Gasteiger partial charge in [0.2, 0.25) is 0 Å². The Bertz CT molecular complexity index is 343. The van der Waals surface area contributed by atoms with E-state index in [1.54, 1.807) is 0 Å². The van der Waals surface area contributed by atoms with Crippen LogP contribution >= 0.6 is 0 Å². The van der Waals surface area contributed by atoms with Crippen LogP contribution in [0.15, 0.2) is 11.8 Å². The van der Waals surface area contributed by atoms with Crippen LogP contribution < -0.4 is 0 Å². The molecule has 2 rings (SSSR count). The van der Waals surface area contributed by atoms with Gasteiger partial charge in [-0.2, -0.15) is 0 Å². The van der Waals surface area contributed by atoms with Gasteiger partial charge in [0.25, 0.3) is 0 Å². The van der Waals surface area contributed by atoms with Crippen molar-refractivity contribution in [2.24, 2.45) is 0 Å². The van der Waals surface area contributed by atoms with Crippen molar-refractivity contribution in [2.45, 2.75) is 64.1 Å². The molecule has 0 aromatic rings. The first-order chi connectivity index (χ1) is 7.92. The van der Waals surface area contributed by atoms with Crippen molar-refractivity contribution in [1.82, 2.24) is 4.90 Å². The van der Waals surface area contributed by atoms with E-state index in [0.29, 0.717) is 0 Å². The van der Waals surface area contributed by atoms with Gasteiger partial charge in [-0.25, -0.2) is 4.79 Å². The fraction of sp³-hybridized carbons (Fsp3) is 0.769. The van der Waals surface area contributed by atoms with Gasteiger partial charge in [0.15, 0.2) is 0 Å². The van der Waals surface area contributed by atoms with Crippen molar-refractivity contribution in [3.63, 3.8) is 0 Å². The summed E-state index contributed by atoms with van der Waals surface area (Å²) in [6.45, 7) is 5.62. The maximum absolute atomic E-state index is 12.1. The van der Waals surface area contributed by atoms with E-state index >= 15 is 0 Å². The van der Waals surface area contributed by atoms with Gasteiger partial charge >= 0.3 is 6.09 Å². The van der Waals surface area contributed by atoms with Crippen molar-refractivity contribution in [2.75, 3.05) is 0 Å². The number of hydrogen-bond donors (Lipinski definition) is 1. The lowest BCUT2D eigenvalue weighted by atomic mass is 10.0. The average Bonchev–Trinajstić information content (AvgIpc) is 2.43. The summed E-state index contributed by atoms with van der Waals surface area (Å²) in [5.41, 5.74) is 0.509. The fourth-order valence-corrected chi connectivity index (χ4v) is 2.78. The molecular weight excluding hydrogens is 218 g/mol. The number of aliphatic hydroxyl groups excluding tert-OH is 1. The predicted molar refractivity (Wildman–Crippen MR) is 64.8 cm³/mol. The summed E-state index contributed by atoms with van der Waals surface area (Å²) in [5.74, 6) is 0. The van der Waals surface area contributed by atoms with E-state index in [1.807, 2.05) is 25.7 Å². The van der Waals surface area contributed by atoms with Crippen molar-refractivity contribution in [1.29, 1.82) is 0 Å². The zero-order chi connectivity index (χ0) is 12.6. The standard InChI is InChI=1S/C13H21NO3/c1-13(2,3)17-12(16)14-10-5-4-6-11(14)9(7-10)8-15/h8,10-11,15H,4-7H2,1-3H3/b9-8-. The molecule has 0 aromatic carbocycles. The van der Waals surface area contributed by atoms with Crippen LogP contribution in [0.1, 0.15) is 46.5 Å². The molecule has 0 aliphatic carbocycles. The van der Waals surface area contributed by atoms with E-state index < -0.39 is 5.60 Å². The first kappa shape index (κ1) is 12.3. The smallest absolute Gasteiger partial charge is 0.411 e. The van der Waals surface area contributed by atoms with Gasteiger partial charge in [-0.15, -0.1) is 0 Å². The Hall–Kier alpha value is -1.19. The molecule has 2 bridgehead atoms. The first-order valence-corrected chi connectivity index (χ1v) is 6.27. The number of aliphatic hydroxyl groups is 1. The second-order valence-electron chi connectivity index (χ2n) is 5.90. The van der Waals surface area contributed by atoms with Crippen LogP contribution in [0.4, 0.5) is 4.79 Å². The zero-order valence-electron chi connectivity index (χ0n) is 10.8. The summed E-state index contributed by atoms with van der Waals surface area (Å²) < 4.78 is 5.43. The number of rotatable bonds is 0. The number of hydrogen-bond acceptors (Lipinski definition) is 3. The highest BCUT2D eigenvalue weighted by Gasteiger charge is 2.44. The maximum Gasteiger partial charge on any atom is 0.411 e. The van der Waals surface area contributed by atoms with Crippen molar-refractivity contribution < 1.29 is 14.6 Å². The Kier molecular flexibility index (Phi) is 3.06. The van der Waals surface area contributed by atoms with Crippen LogP contribution in [-0.4, -0.2) is 33.8 Å². The van der Waals surface area contributed by atoms with Gasteiger partial charge in [-0.05, 0) is 52.0 Å². The third-order valence-corrected chi connectivity index (χ3v) is 3.41. The Labute approximate surface area is 102 Å². The summed E-state index contributed by atoms with van der Waals surface area (Å²) >= 11 is 0. The Morgan fingerprint density at radius 2 is 2.18 bits per heavy atom. The van der Waals surface area contributed by atoms with Gasteiger partial charge in [-0.3, -0.25) is 4.90 Å². The predicted octanol–water partition coefficient (Wildman–Crippen LogP) is 2.99. The van der Waals surface area contributed by atoms with Crippen LogP contribution in [0.25, 0.3) is 0 Å². The number of amides is 1. The number of carbonyl (C=O) groups excluding carboxylic acids is 1. The highest BCUT2D eigenvalue weighted by Crippen LogP contribution is 2.39. The second kappa shape index (κ2) is 4.24.